The van der Waals surface area contributed by atoms with Gasteiger partial charge in [-0.15, -0.1) is 0 Å². The van der Waals surface area contributed by atoms with Crippen LogP contribution in [-0.4, -0.2) is 5.97 Å². The van der Waals surface area contributed by atoms with E-state index in [4.69, 9.17) is 0 Å². The zero-order valence-corrected chi connectivity index (χ0v) is 10.5. The SMILES string of the molecule is CC(C)C/C(F)=C(\F)C(=O)OCc1ccccc1. The molecule has 4 heteroatoms. The Bertz CT molecular complexity index is 425. The third-order valence-electron chi connectivity index (χ3n) is 2.22. The van der Waals surface area contributed by atoms with E-state index >= 15 is 0 Å². The van der Waals surface area contributed by atoms with Crippen LogP contribution in [0, 0.1) is 5.92 Å². The van der Waals surface area contributed by atoms with Gasteiger partial charge < -0.3 is 4.74 Å². The Morgan fingerprint density at radius 2 is 1.83 bits per heavy atom. The van der Waals surface area contributed by atoms with Crippen molar-refractivity contribution < 1.29 is 18.3 Å². The summed E-state index contributed by atoms with van der Waals surface area (Å²) in [4.78, 5) is 11.2. The van der Waals surface area contributed by atoms with Gasteiger partial charge in [0.25, 0.3) is 0 Å². The van der Waals surface area contributed by atoms with Crippen molar-refractivity contribution in [2.24, 2.45) is 5.92 Å². The monoisotopic (exact) mass is 254 g/mol. The van der Waals surface area contributed by atoms with Gasteiger partial charge in [0.15, 0.2) is 0 Å². The predicted molar refractivity (Wildman–Crippen MR) is 64.9 cm³/mol. The van der Waals surface area contributed by atoms with Crippen molar-refractivity contribution >= 4 is 5.97 Å². The van der Waals surface area contributed by atoms with Crippen molar-refractivity contribution in [1.82, 2.24) is 0 Å². The van der Waals surface area contributed by atoms with Gasteiger partial charge in [-0.2, -0.15) is 4.39 Å². The summed E-state index contributed by atoms with van der Waals surface area (Å²) in [5.41, 5.74) is 0.725. The molecule has 1 aromatic carbocycles. The molecule has 0 unspecified atom stereocenters. The maximum absolute atomic E-state index is 13.3. The van der Waals surface area contributed by atoms with E-state index in [-0.39, 0.29) is 18.9 Å². The minimum atomic E-state index is -1.43. The molecule has 0 amide bonds. The van der Waals surface area contributed by atoms with Crippen molar-refractivity contribution in [3.63, 3.8) is 0 Å². The summed E-state index contributed by atoms with van der Waals surface area (Å²) >= 11 is 0. The topological polar surface area (TPSA) is 26.3 Å². The molecule has 1 aromatic rings. The first-order valence-electron chi connectivity index (χ1n) is 5.76. The van der Waals surface area contributed by atoms with Crippen molar-refractivity contribution in [3.8, 4) is 0 Å². The number of hydrogen-bond donors (Lipinski definition) is 0. The van der Waals surface area contributed by atoms with Gasteiger partial charge in [-0.3, -0.25) is 0 Å². The lowest BCUT2D eigenvalue weighted by Crippen LogP contribution is -2.07. The fraction of sp³-hybridized carbons (Fsp3) is 0.357. The van der Waals surface area contributed by atoms with Crippen LogP contribution >= 0.6 is 0 Å². The molecule has 0 saturated carbocycles. The second kappa shape index (κ2) is 6.89. The molecule has 0 atom stereocenters. The van der Waals surface area contributed by atoms with Crippen LogP contribution in [-0.2, 0) is 16.1 Å². The normalized spacial score (nSPS) is 12.3. The average Bonchev–Trinajstić information content (AvgIpc) is 2.35. The molecule has 98 valence electrons. The number of esters is 1. The summed E-state index contributed by atoms with van der Waals surface area (Å²) in [6.07, 6.45) is -0.105. The first-order valence-corrected chi connectivity index (χ1v) is 5.76. The van der Waals surface area contributed by atoms with Crippen LogP contribution < -0.4 is 0 Å². The number of carbonyl (C=O) groups excluding carboxylic acids is 1. The lowest BCUT2D eigenvalue weighted by atomic mass is 10.1. The van der Waals surface area contributed by atoms with E-state index in [9.17, 15) is 13.6 Å². The van der Waals surface area contributed by atoms with Crippen molar-refractivity contribution in [3.05, 3.63) is 47.5 Å². The Hall–Kier alpha value is -1.71. The highest BCUT2D eigenvalue weighted by Gasteiger charge is 2.18. The molecule has 0 aliphatic carbocycles. The van der Waals surface area contributed by atoms with Gasteiger partial charge in [0.05, 0.1) is 0 Å². The van der Waals surface area contributed by atoms with E-state index in [1.54, 1.807) is 38.1 Å². The lowest BCUT2D eigenvalue weighted by molar-refractivity contribution is -0.142. The standard InChI is InChI=1S/C14H16F2O2/c1-10(2)8-12(15)13(16)14(17)18-9-11-6-4-3-5-7-11/h3-7,10H,8-9H2,1-2H3/b13-12+. The summed E-state index contributed by atoms with van der Waals surface area (Å²) < 4.78 is 31.2. The minimum Gasteiger partial charge on any atom is -0.455 e. The smallest absolute Gasteiger partial charge is 0.370 e. The van der Waals surface area contributed by atoms with Gasteiger partial charge in [-0.1, -0.05) is 44.2 Å². The van der Waals surface area contributed by atoms with Crippen LogP contribution in [0.4, 0.5) is 8.78 Å². The Labute approximate surface area is 105 Å². The Morgan fingerprint density at radius 1 is 1.22 bits per heavy atom. The van der Waals surface area contributed by atoms with Crippen LogP contribution in [0.5, 0.6) is 0 Å². The van der Waals surface area contributed by atoms with Crippen LogP contribution in [0.25, 0.3) is 0 Å². The van der Waals surface area contributed by atoms with E-state index in [0.717, 1.165) is 5.56 Å². The maximum atomic E-state index is 13.3. The van der Waals surface area contributed by atoms with Crippen molar-refractivity contribution in [1.29, 1.82) is 0 Å². The summed E-state index contributed by atoms with van der Waals surface area (Å²) in [6, 6.07) is 8.83. The van der Waals surface area contributed by atoms with Crippen molar-refractivity contribution in [2.45, 2.75) is 26.9 Å². The van der Waals surface area contributed by atoms with Gasteiger partial charge in [-0.25, -0.2) is 9.18 Å². The van der Waals surface area contributed by atoms with Gasteiger partial charge in [0.2, 0.25) is 5.83 Å². The summed E-state index contributed by atoms with van der Waals surface area (Å²) in [7, 11) is 0. The number of hydrogen-bond acceptors (Lipinski definition) is 2. The lowest BCUT2D eigenvalue weighted by Gasteiger charge is -2.05. The number of rotatable bonds is 5. The van der Waals surface area contributed by atoms with E-state index < -0.39 is 17.6 Å². The van der Waals surface area contributed by atoms with Crippen LogP contribution in [0.3, 0.4) is 0 Å². The van der Waals surface area contributed by atoms with E-state index in [2.05, 4.69) is 4.74 Å². The second-order valence-corrected chi connectivity index (χ2v) is 4.38. The molecule has 0 aromatic heterocycles. The predicted octanol–water partition coefficient (Wildman–Crippen LogP) is 3.93. The Kier molecular flexibility index (Phi) is 5.49. The van der Waals surface area contributed by atoms with Crippen molar-refractivity contribution in [2.75, 3.05) is 0 Å². The van der Waals surface area contributed by atoms with Crippen LogP contribution in [0.1, 0.15) is 25.8 Å². The summed E-state index contributed by atoms with van der Waals surface area (Å²) in [5, 5.41) is 0. The van der Waals surface area contributed by atoms with Crippen LogP contribution in [0.2, 0.25) is 0 Å². The largest absolute Gasteiger partial charge is 0.455 e. The second-order valence-electron chi connectivity index (χ2n) is 4.38. The molecular weight excluding hydrogens is 238 g/mol. The molecule has 0 radical (unpaired) electrons. The minimum absolute atomic E-state index is 0.0577. The highest BCUT2D eigenvalue weighted by Crippen LogP contribution is 2.18. The number of ether oxygens (including phenoxy) is 1. The molecule has 0 aliphatic heterocycles. The van der Waals surface area contributed by atoms with Gasteiger partial charge >= 0.3 is 5.97 Å². The molecule has 0 fully saturated rings. The molecule has 1 rings (SSSR count). The maximum Gasteiger partial charge on any atom is 0.370 e. The highest BCUT2D eigenvalue weighted by atomic mass is 19.2. The average molecular weight is 254 g/mol. The van der Waals surface area contributed by atoms with E-state index in [1.165, 1.54) is 0 Å². The molecule has 0 heterocycles. The zero-order chi connectivity index (χ0) is 13.5. The molecule has 2 nitrogen and oxygen atoms in total. The van der Waals surface area contributed by atoms with Gasteiger partial charge in [0, 0.05) is 6.42 Å². The third-order valence-corrected chi connectivity index (χ3v) is 2.22. The van der Waals surface area contributed by atoms with Gasteiger partial charge in [0.1, 0.15) is 12.4 Å². The quantitative estimate of drug-likeness (QED) is 0.588. The van der Waals surface area contributed by atoms with Gasteiger partial charge in [-0.05, 0) is 11.5 Å². The number of carbonyl (C=O) groups is 1. The third kappa shape index (κ3) is 4.65. The molecule has 0 N–H and O–H groups in total. The first-order chi connectivity index (χ1) is 8.50. The first kappa shape index (κ1) is 14.4. The molecule has 0 bridgehead atoms. The van der Waals surface area contributed by atoms with E-state index in [1.807, 2.05) is 6.07 Å². The summed E-state index contributed by atoms with van der Waals surface area (Å²) in [6.45, 7) is 3.41. The molecule has 0 spiro atoms. The Morgan fingerprint density at radius 3 is 2.39 bits per heavy atom. The highest BCUT2D eigenvalue weighted by molar-refractivity contribution is 5.86. The number of benzene rings is 1. The molecule has 0 aliphatic rings. The molecular formula is C14H16F2O2. The fourth-order valence-corrected chi connectivity index (χ4v) is 1.35. The molecule has 0 saturated heterocycles. The van der Waals surface area contributed by atoms with Crippen LogP contribution in [0.15, 0.2) is 42.0 Å². The number of halogens is 2. The fourth-order valence-electron chi connectivity index (χ4n) is 1.35. The Balaban J connectivity index is 2.55. The molecule has 18 heavy (non-hydrogen) atoms. The zero-order valence-electron chi connectivity index (χ0n) is 10.5. The number of allylic oxidation sites excluding steroid dienone is 1. The summed E-state index contributed by atoms with van der Waals surface area (Å²) in [5.74, 6) is -3.79. The van der Waals surface area contributed by atoms with E-state index in [0.29, 0.717) is 0 Å².